The summed E-state index contributed by atoms with van der Waals surface area (Å²) in [6, 6.07) is 5.85. The lowest BCUT2D eigenvalue weighted by Crippen LogP contribution is -2.19. The van der Waals surface area contributed by atoms with Gasteiger partial charge in [-0.2, -0.15) is 0 Å². The minimum Gasteiger partial charge on any atom is -0.389 e. The maximum absolute atomic E-state index is 9.52. The van der Waals surface area contributed by atoms with Gasteiger partial charge in [0.2, 0.25) is 0 Å². The fourth-order valence-corrected chi connectivity index (χ4v) is 2.67. The zero-order chi connectivity index (χ0) is 12.6. The van der Waals surface area contributed by atoms with E-state index in [4.69, 9.17) is 11.6 Å². The molecule has 0 bridgehead atoms. The highest BCUT2D eigenvalue weighted by Crippen LogP contribution is 2.34. The Morgan fingerprint density at radius 2 is 1.88 bits per heavy atom. The van der Waals surface area contributed by atoms with E-state index in [-0.39, 0.29) is 0 Å². The summed E-state index contributed by atoms with van der Waals surface area (Å²) in [6.07, 6.45) is -0.460. The molecule has 0 amide bonds. The van der Waals surface area contributed by atoms with Crippen molar-refractivity contribution in [1.29, 1.82) is 0 Å². The fourth-order valence-electron chi connectivity index (χ4n) is 2.37. The van der Waals surface area contributed by atoms with Gasteiger partial charge >= 0.3 is 0 Å². The van der Waals surface area contributed by atoms with Crippen LogP contribution in [0.5, 0.6) is 0 Å². The van der Waals surface area contributed by atoms with Crippen molar-refractivity contribution in [2.24, 2.45) is 11.8 Å². The van der Waals surface area contributed by atoms with Crippen LogP contribution in [-0.4, -0.2) is 18.2 Å². The molecular formula is C14H20ClNO. The second kappa shape index (κ2) is 4.87. The predicted octanol–water partition coefficient (Wildman–Crippen LogP) is 3.49. The van der Waals surface area contributed by atoms with E-state index in [1.54, 1.807) is 6.92 Å². The van der Waals surface area contributed by atoms with Crippen molar-refractivity contribution in [3.8, 4) is 0 Å². The van der Waals surface area contributed by atoms with Gasteiger partial charge in [0.1, 0.15) is 0 Å². The van der Waals surface area contributed by atoms with Crippen LogP contribution in [0.3, 0.4) is 0 Å². The van der Waals surface area contributed by atoms with Crippen LogP contribution >= 0.6 is 11.6 Å². The average Bonchev–Trinajstić information content (AvgIpc) is 2.58. The molecular weight excluding hydrogens is 234 g/mol. The van der Waals surface area contributed by atoms with Crippen molar-refractivity contribution in [2.45, 2.75) is 26.9 Å². The zero-order valence-corrected chi connectivity index (χ0v) is 11.4. The SMILES string of the molecule is CC1CN(c2ccc([C@H](C)O)cc2Cl)CC1C. The fraction of sp³-hybridized carbons (Fsp3) is 0.571. The molecule has 0 aromatic heterocycles. The molecule has 3 heteroatoms. The Balaban J connectivity index is 2.23. The first kappa shape index (κ1) is 12.7. The molecule has 2 rings (SSSR count). The van der Waals surface area contributed by atoms with Crippen LogP contribution in [0.4, 0.5) is 5.69 Å². The second-order valence-corrected chi connectivity index (χ2v) is 5.65. The van der Waals surface area contributed by atoms with E-state index in [9.17, 15) is 5.11 Å². The number of halogens is 1. The molecule has 0 saturated carbocycles. The number of rotatable bonds is 2. The Bertz CT molecular complexity index is 395. The van der Waals surface area contributed by atoms with Crippen LogP contribution in [0.15, 0.2) is 18.2 Å². The lowest BCUT2D eigenvalue weighted by Gasteiger charge is -2.20. The van der Waals surface area contributed by atoms with Crippen LogP contribution in [0.25, 0.3) is 0 Å². The molecule has 1 aliphatic rings. The summed E-state index contributed by atoms with van der Waals surface area (Å²) >= 11 is 6.30. The van der Waals surface area contributed by atoms with Gasteiger partial charge in [-0.25, -0.2) is 0 Å². The standard InChI is InChI=1S/C14H20ClNO/c1-9-7-16(8-10(9)2)14-5-4-12(11(3)17)6-13(14)15/h4-6,9-11,17H,7-8H2,1-3H3/t9?,10?,11-/m0/s1. The van der Waals surface area contributed by atoms with E-state index in [0.29, 0.717) is 11.8 Å². The minimum atomic E-state index is -0.460. The molecule has 2 unspecified atom stereocenters. The molecule has 1 aromatic carbocycles. The van der Waals surface area contributed by atoms with Crippen molar-refractivity contribution in [2.75, 3.05) is 18.0 Å². The Morgan fingerprint density at radius 1 is 1.29 bits per heavy atom. The molecule has 2 nitrogen and oxygen atoms in total. The molecule has 0 spiro atoms. The lowest BCUT2D eigenvalue weighted by atomic mass is 10.0. The van der Waals surface area contributed by atoms with Crippen LogP contribution in [0.1, 0.15) is 32.4 Å². The van der Waals surface area contributed by atoms with E-state index in [1.807, 2.05) is 18.2 Å². The molecule has 1 fully saturated rings. The molecule has 0 radical (unpaired) electrons. The summed E-state index contributed by atoms with van der Waals surface area (Å²) in [5, 5.41) is 10.3. The van der Waals surface area contributed by atoms with E-state index >= 15 is 0 Å². The number of nitrogens with zero attached hydrogens (tertiary/aromatic N) is 1. The first-order chi connectivity index (χ1) is 7.99. The zero-order valence-electron chi connectivity index (χ0n) is 10.7. The molecule has 3 atom stereocenters. The normalized spacial score (nSPS) is 26.3. The summed E-state index contributed by atoms with van der Waals surface area (Å²) in [5.41, 5.74) is 1.96. The first-order valence-electron chi connectivity index (χ1n) is 6.21. The molecule has 1 aliphatic heterocycles. The Labute approximate surface area is 108 Å². The molecule has 17 heavy (non-hydrogen) atoms. The average molecular weight is 254 g/mol. The second-order valence-electron chi connectivity index (χ2n) is 5.25. The third-order valence-electron chi connectivity index (χ3n) is 3.78. The summed E-state index contributed by atoms with van der Waals surface area (Å²) in [6.45, 7) is 8.45. The van der Waals surface area contributed by atoms with Crippen LogP contribution < -0.4 is 4.90 Å². The highest BCUT2D eigenvalue weighted by atomic mass is 35.5. The van der Waals surface area contributed by atoms with Crippen molar-refractivity contribution in [3.05, 3.63) is 28.8 Å². The highest BCUT2D eigenvalue weighted by molar-refractivity contribution is 6.33. The maximum Gasteiger partial charge on any atom is 0.0762 e. The van der Waals surface area contributed by atoms with E-state index in [1.165, 1.54) is 0 Å². The van der Waals surface area contributed by atoms with Gasteiger partial charge in [-0.1, -0.05) is 31.5 Å². The van der Waals surface area contributed by atoms with E-state index in [0.717, 1.165) is 29.4 Å². The van der Waals surface area contributed by atoms with Crippen molar-refractivity contribution in [3.63, 3.8) is 0 Å². The van der Waals surface area contributed by atoms with Crippen molar-refractivity contribution < 1.29 is 5.11 Å². The summed E-state index contributed by atoms with van der Waals surface area (Å²) in [4.78, 5) is 2.34. The van der Waals surface area contributed by atoms with Gasteiger partial charge in [0.15, 0.2) is 0 Å². The molecule has 1 aromatic rings. The number of hydrogen-bond acceptors (Lipinski definition) is 2. The molecule has 1 heterocycles. The van der Waals surface area contributed by atoms with E-state index in [2.05, 4.69) is 18.7 Å². The Kier molecular flexibility index (Phi) is 3.64. The Hall–Kier alpha value is -0.730. The van der Waals surface area contributed by atoms with E-state index < -0.39 is 6.10 Å². The predicted molar refractivity (Wildman–Crippen MR) is 72.6 cm³/mol. The quantitative estimate of drug-likeness (QED) is 0.872. The van der Waals surface area contributed by atoms with Crippen molar-refractivity contribution >= 4 is 17.3 Å². The number of aliphatic hydroxyl groups excluding tert-OH is 1. The lowest BCUT2D eigenvalue weighted by molar-refractivity contribution is 0.199. The van der Waals surface area contributed by atoms with Gasteiger partial charge < -0.3 is 10.0 Å². The van der Waals surface area contributed by atoms with Gasteiger partial charge in [-0.3, -0.25) is 0 Å². The topological polar surface area (TPSA) is 23.5 Å². The van der Waals surface area contributed by atoms with Gasteiger partial charge in [0.25, 0.3) is 0 Å². The third kappa shape index (κ3) is 2.58. The number of aliphatic hydroxyl groups is 1. The van der Waals surface area contributed by atoms with Crippen molar-refractivity contribution in [1.82, 2.24) is 0 Å². The minimum absolute atomic E-state index is 0.460. The smallest absolute Gasteiger partial charge is 0.0762 e. The molecule has 0 aliphatic carbocycles. The number of benzene rings is 1. The first-order valence-corrected chi connectivity index (χ1v) is 6.59. The summed E-state index contributed by atoms with van der Waals surface area (Å²) in [7, 11) is 0. The van der Waals surface area contributed by atoms with Gasteiger partial charge in [-0.15, -0.1) is 0 Å². The Morgan fingerprint density at radius 3 is 2.35 bits per heavy atom. The highest BCUT2D eigenvalue weighted by Gasteiger charge is 2.27. The number of anilines is 1. The summed E-state index contributed by atoms with van der Waals surface area (Å²) in [5.74, 6) is 1.42. The molecule has 1 N–H and O–H groups in total. The van der Waals surface area contributed by atoms with Gasteiger partial charge in [-0.05, 0) is 36.5 Å². The van der Waals surface area contributed by atoms with Crippen LogP contribution in [-0.2, 0) is 0 Å². The maximum atomic E-state index is 9.52. The monoisotopic (exact) mass is 253 g/mol. The largest absolute Gasteiger partial charge is 0.389 e. The third-order valence-corrected chi connectivity index (χ3v) is 4.09. The van der Waals surface area contributed by atoms with Crippen LogP contribution in [0, 0.1) is 11.8 Å². The summed E-state index contributed by atoms with van der Waals surface area (Å²) < 4.78 is 0. The molecule has 1 saturated heterocycles. The van der Waals surface area contributed by atoms with Crippen LogP contribution in [0.2, 0.25) is 5.02 Å². The van der Waals surface area contributed by atoms with Gasteiger partial charge in [0, 0.05) is 13.1 Å². The van der Waals surface area contributed by atoms with Gasteiger partial charge in [0.05, 0.1) is 16.8 Å². The molecule has 94 valence electrons. The number of hydrogen-bond donors (Lipinski definition) is 1.